The van der Waals surface area contributed by atoms with E-state index >= 15 is 0 Å². The quantitative estimate of drug-likeness (QED) is 0.454. The molecule has 1 aliphatic heterocycles. The van der Waals surface area contributed by atoms with Crippen LogP contribution in [-0.2, 0) is 17.5 Å². The highest BCUT2D eigenvalue weighted by Gasteiger charge is 2.34. The molecule has 2 aromatic carbocycles. The number of nitro benzene ring substituents is 1. The van der Waals surface area contributed by atoms with Crippen LogP contribution in [0, 0.1) is 10.1 Å². The second-order valence-corrected chi connectivity index (χ2v) is 8.32. The average molecular weight is 464 g/mol. The lowest BCUT2D eigenvalue weighted by molar-refractivity contribution is -0.384. The molecule has 33 heavy (non-hydrogen) atoms. The summed E-state index contributed by atoms with van der Waals surface area (Å²) in [6.45, 7) is 6.34. The molecular formula is C23H27F3N4O3. The highest BCUT2D eigenvalue weighted by molar-refractivity contribution is 5.78. The summed E-state index contributed by atoms with van der Waals surface area (Å²) in [5.41, 5.74) is -0.414. The van der Waals surface area contributed by atoms with Crippen molar-refractivity contribution in [3.05, 3.63) is 69.8 Å². The van der Waals surface area contributed by atoms with Gasteiger partial charge in [0.05, 0.1) is 17.0 Å². The molecule has 10 heteroatoms. The number of carbonyl (C=O) groups excluding carboxylic acids is 1. The van der Waals surface area contributed by atoms with Gasteiger partial charge in [0.1, 0.15) is 5.69 Å². The molecule has 0 bridgehead atoms. The first-order valence-electron chi connectivity index (χ1n) is 10.7. The average Bonchev–Trinajstić information content (AvgIpc) is 2.77. The predicted octanol–water partition coefficient (Wildman–Crippen LogP) is 4.17. The van der Waals surface area contributed by atoms with E-state index in [9.17, 15) is 28.1 Å². The number of alkyl halides is 3. The Morgan fingerprint density at radius 2 is 1.73 bits per heavy atom. The first kappa shape index (κ1) is 24.5. The number of carbonyl (C=O) groups is 1. The van der Waals surface area contributed by atoms with Crippen molar-refractivity contribution in [1.82, 2.24) is 9.80 Å². The molecule has 0 unspecified atom stereocenters. The molecule has 0 spiro atoms. The Balaban J connectivity index is 1.63. The van der Waals surface area contributed by atoms with Crippen LogP contribution in [0.5, 0.6) is 0 Å². The largest absolute Gasteiger partial charge is 0.416 e. The van der Waals surface area contributed by atoms with Crippen LogP contribution in [0.25, 0.3) is 0 Å². The number of anilines is 1. The molecule has 0 radical (unpaired) electrons. The molecule has 3 rings (SSSR count). The van der Waals surface area contributed by atoms with Crippen molar-refractivity contribution in [3.8, 4) is 0 Å². The molecule has 7 nitrogen and oxygen atoms in total. The van der Waals surface area contributed by atoms with Gasteiger partial charge in [-0.1, -0.05) is 30.3 Å². The van der Waals surface area contributed by atoms with E-state index in [1.165, 1.54) is 0 Å². The molecule has 0 aromatic heterocycles. The molecule has 0 atom stereocenters. The smallest absolute Gasteiger partial charge is 0.363 e. The summed E-state index contributed by atoms with van der Waals surface area (Å²) in [5, 5.41) is 11.4. The Hall–Kier alpha value is -3.14. The Bertz CT molecular complexity index is 975. The van der Waals surface area contributed by atoms with E-state index in [1.807, 2.05) is 54.0 Å². The van der Waals surface area contributed by atoms with E-state index in [2.05, 4.69) is 0 Å². The van der Waals surface area contributed by atoms with Gasteiger partial charge < -0.3 is 9.80 Å². The number of piperazine rings is 1. The number of hydrogen-bond acceptors (Lipinski definition) is 5. The topological polar surface area (TPSA) is 69.9 Å². The van der Waals surface area contributed by atoms with Crippen molar-refractivity contribution >= 4 is 17.3 Å². The molecule has 178 valence electrons. The van der Waals surface area contributed by atoms with E-state index in [1.54, 1.807) is 4.90 Å². The minimum absolute atomic E-state index is 0.0113. The monoisotopic (exact) mass is 464 g/mol. The van der Waals surface area contributed by atoms with Crippen molar-refractivity contribution in [2.45, 2.75) is 32.6 Å². The van der Waals surface area contributed by atoms with Gasteiger partial charge in [0.2, 0.25) is 5.91 Å². The maximum absolute atomic E-state index is 13.0. The molecular weight excluding hydrogens is 437 g/mol. The zero-order valence-electron chi connectivity index (χ0n) is 18.6. The fourth-order valence-corrected chi connectivity index (χ4v) is 3.88. The highest BCUT2D eigenvalue weighted by atomic mass is 19.4. The highest BCUT2D eigenvalue weighted by Crippen LogP contribution is 2.36. The molecule has 0 aliphatic carbocycles. The van der Waals surface area contributed by atoms with Crippen LogP contribution in [0.1, 0.15) is 25.0 Å². The zero-order valence-corrected chi connectivity index (χ0v) is 18.6. The molecule has 0 N–H and O–H groups in total. The summed E-state index contributed by atoms with van der Waals surface area (Å²) in [6, 6.07) is 12.3. The molecule has 1 aliphatic rings. The summed E-state index contributed by atoms with van der Waals surface area (Å²) in [4.78, 5) is 29.0. The minimum atomic E-state index is -4.65. The van der Waals surface area contributed by atoms with E-state index in [4.69, 9.17) is 0 Å². The Morgan fingerprint density at radius 1 is 1.09 bits per heavy atom. The van der Waals surface area contributed by atoms with Crippen molar-refractivity contribution in [2.75, 3.05) is 37.6 Å². The number of halogens is 3. The number of nitro groups is 1. The van der Waals surface area contributed by atoms with Crippen LogP contribution >= 0.6 is 0 Å². The third-order valence-corrected chi connectivity index (χ3v) is 5.71. The normalized spacial score (nSPS) is 15.0. The van der Waals surface area contributed by atoms with Gasteiger partial charge in [-0.05, 0) is 31.5 Å². The SMILES string of the molecule is CC(C)N(Cc1ccccc1)C(=O)CN1CCN(c2ccc(C(F)(F)F)cc2[N+](=O)[O-])CC1. The van der Waals surface area contributed by atoms with Crippen LogP contribution in [0.4, 0.5) is 24.5 Å². The second kappa shape index (κ2) is 10.2. The van der Waals surface area contributed by atoms with Crippen LogP contribution in [0.15, 0.2) is 48.5 Å². The summed E-state index contributed by atoms with van der Waals surface area (Å²) >= 11 is 0. The maximum Gasteiger partial charge on any atom is 0.416 e. The Morgan fingerprint density at radius 3 is 2.27 bits per heavy atom. The predicted molar refractivity (Wildman–Crippen MR) is 119 cm³/mol. The number of nitrogens with zero attached hydrogens (tertiary/aromatic N) is 4. The van der Waals surface area contributed by atoms with E-state index in [-0.39, 0.29) is 24.2 Å². The number of rotatable bonds is 7. The van der Waals surface area contributed by atoms with Gasteiger partial charge in [0.15, 0.2) is 0 Å². The number of amides is 1. The van der Waals surface area contributed by atoms with Crippen LogP contribution in [-0.4, -0.2) is 59.4 Å². The van der Waals surface area contributed by atoms with Crippen molar-refractivity contribution in [2.24, 2.45) is 0 Å². The first-order valence-corrected chi connectivity index (χ1v) is 10.7. The standard InChI is InChI=1S/C23H27F3N4O3/c1-17(2)29(15-18-6-4-3-5-7-18)22(31)16-27-10-12-28(13-11-27)20-9-8-19(23(24,25)26)14-21(20)30(32)33/h3-9,14,17H,10-13,15-16H2,1-2H3. The van der Waals surface area contributed by atoms with Gasteiger partial charge in [0, 0.05) is 44.8 Å². The van der Waals surface area contributed by atoms with Crippen molar-refractivity contribution in [1.29, 1.82) is 0 Å². The number of hydrogen-bond donors (Lipinski definition) is 0. The Labute approximate surface area is 190 Å². The van der Waals surface area contributed by atoms with Crippen LogP contribution < -0.4 is 4.90 Å². The summed E-state index contributed by atoms with van der Waals surface area (Å²) in [5.74, 6) is -0.0113. The maximum atomic E-state index is 13.0. The van der Waals surface area contributed by atoms with E-state index in [0.29, 0.717) is 38.8 Å². The molecule has 1 saturated heterocycles. The van der Waals surface area contributed by atoms with Gasteiger partial charge in [-0.2, -0.15) is 13.2 Å². The molecule has 2 aromatic rings. The molecule has 1 amide bonds. The lowest BCUT2D eigenvalue weighted by atomic mass is 10.1. The van der Waals surface area contributed by atoms with E-state index < -0.39 is 22.4 Å². The summed E-state index contributed by atoms with van der Waals surface area (Å²) in [6.07, 6.45) is -4.65. The number of benzene rings is 2. The lowest BCUT2D eigenvalue weighted by Gasteiger charge is -2.37. The fraction of sp³-hybridized carbons (Fsp3) is 0.435. The van der Waals surface area contributed by atoms with Crippen LogP contribution in [0.3, 0.4) is 0 Å². The lowest BCUT2D eigenvalue weighted by Crippen LogP contribution is -2.51. The Kier molecular flexibility index (Phi) is 7.57. The van der Waals surface area contributed by atoms with E-state index in [0.717, 1.165) is 17.7 Å². The fourth-order valence-electron chi connectivity index (χ4n) is 3.88. The zero-order chi connectivity index (χ0) is 24.2. The molecule has 1 heterocycles. The van der Waals surface area contributed by atoms with Crippen molar-refractivity contribution in [3.63, 3.8) is 0 Å². The van der Waals surface area contributed by atoms with Gasteiger partial charge in [0.25, 0.3) is 5.69 Å². The van der Waals surface area contributed by atoms with Gasteiger partial charge >= 0.3 is 6.18 Å². The van der Waals surface area contributed by atoms with Gasteiger partial charge in [-0.3, -0.25) is 19.8 Å². The molecule has 0 saturated carbocycles. The molecule has 1 fully saturated rings. The third-order valence-electron chi connectivity index (χ3n) is 5.71. The van der Waals surface area contributed by atoms with Crippen LogP contribution in [0.2, 0.25) is 0 Å². The third kappa shape index (κ3) is 6.22. The first-order chi connectivity index (χ1) is 15.6. The summed E-state index contributed by atoms with van der Waals surface area (Å²) < 4.78 is 38.9. The minimum Gasteiger partial charge on any atom is -0.363 e. The van der Waals surface area contributed by atoms with Crippen molar-refractivity contribution < 1.29 is 22.9 Å². The summed E-state index contributed by atoms with van der Waals surface area (Å²) in [7, 11) is 0. The second-order valence-electron chi connectivity index (χ2n) is 8.32. The van der Waals surface area contributed by atoms with Gasteiger partial charge in [-0.15, -0.1) is 0 Å². The van der Waals surface area contributed by atoms with Gasteiger partial charge in [-0.25, -0.2) is 0 Å².